The second-order valence-electron chi connectivity index (χ2n) is 7.66. The number of aromatic nitrogens is 2. The molecule has 2 amide bonds. The van der Waals surface area contributed by atoms with Crippen molar-refractivity contribution in [1.29, 1.82) is 0 Å². The molecule has 3 aromatic rings. The van der Waals surface area contributed by atoms with Crippen LogP contribution in [0, 0.1) is 0 Å². The number of aromatic amines is 1. The normalized spacial score (nSPS) is 19.3. The van der Waals surface area contributed by atoms with Gasteiger partial charge in [-0.2, -0.15) is 0 Å². The Kier molecular flexibility index (Phi) is 4.82. The standard InChI is InChI=1S/C23H22N4O4/c1-27-21(14-6-7-18-19(10-14)31-13-30-18)20(16-4-2-3-5-17(16)23(27)29)22(28)25-9-8-15-11-24-12-26-15/h2-7,10-12,20-21H,8-9,13H2,1H3,(H,24,26)(H,25,28)/t20-,21-/m1/s1. The van der Waals surface area contributed by atoms with E-state index in [4.69, 9.17) is 9.47 Å². The van der Waals surface area contributed by atoms with Crippen LogP contribution in [0.1, 0.15) is 39.1 Å². The van der Waals surface area contributed by atoms with Crippen molar-refractivity contribution in [2.24, 2.45) is 0 Å². The molecule has 0 spiro atoms. The lowest BCUT2D eigenvalue weighted by atomic mass is 9.79. The van der Waals surface area contributed by atoms with E-state index in [1.165, 1.54) is 0 Å². The van der Waals surface area contributed by atoms with Crippen LogP contribution in [0.15, 0.2) is 55.0 Å². The number of ether oxygens (including phenoxy) is 2. The topological polar surface area (TPSA) is 96.6 Å². The fourth-order valence-corrected chi connectivity index (χ4v) is 4.32. The Balaban J connectivity index is 1.49. The van der Waals surface area contributed by atoms with Gasteiger partial charge in [-0.3, -0.25) is 9.59 Å². The number of benzene rings is 2. The summed E-state index contributed by atoms with van der Waals surface area (Å²) in [5.74, 6) is 0.486. The van der Waals surface area contributed by atoms with Crippen LogP contribution in [-0.2, 0) is 11.2 Å². The number of carbonyl (C=O) groups is 2. The molecule has 2 N–H and O–H groups in total. The van der Waals surface area contributed by atoms with Gasteiger partial charge in [0.25, 0.3) is 5.91 Å². The molecule has 0 fully saturated rings. The van der Waals surface area contributed by atoms with Crippen molar-refractivity contribution >= 4 is 11.8 Å². The number of fused-ring (bicyclic) bond motifs is 2. The predicted octanol–water partition coefficient (Wildman–Crippen LogP) is 2.41. The van der Waals surface area contributed by atoms with E-state index in [0.29, 0.717) is 30.0 Å². The zero-order chi connectivity index (χ0) is 21.4. The van der Waals surface area contributed by atoms with Crippen LogP contribution in [-0.4, -0.2) is 47.1 Å². The van der Waals surface area contributed by atoms with E-state index < -0.39 is 12.0 Å². The molecule has 8 heteroatoms. The largest absolute Gasteiger partial charge is 0.454 e. The lowest BCUT2D eigenvalue weighted by molar-refractivity contribution is -0.124. The van der Waals surface area contributed by atoms with E-state index >= 15 is 0 Å². The first-order valence-electron chi connectivity index (χ1n) is 10.1. The zero-order valence-electron chi connectivity index (χ0n) is 17.0. The van der Waals surface area contributed by atoms with Crippen LogP contribution >= 0.6 is 0 Å². The predicted molar refractivity (Wildman–Crippen MR) is 112 cm³/mol. The van der Waals surface area contributed by atoms with Crippen molar-refractivity contribution in [3.8, 4) is 11.5 Å². The molecule has 2 atom stereocenters. The molecule has 0 radical (unpaired) electrons. The number of imidazole rings is 1. The number of nitrogens with zero attached hydrogens (tertiary/aromatic N) is 2. The molecule has 2 aliphatic heterocycles. The number of hydrogen-bond acceptors (Lipinski definition) is 5. The Morgan fingerprint density at radius 3 is 2.90 bits per heavy atom. The van der Waals surface area contributed by atoms with Crippen molar-refractivity contribution in [2.75, 3.05) is 20.4 Å². The van der Waals surface area contributed by atoms with Gasteiger partial charge in [0.1, 0.15) is 0 Å². The molecule has 8 nitrogen and oxygen atoms in total. The van der Waals surface area contributed by atoms with Gasteiger partial charge in [-0.15, -0.1) is 0 Å². The summed E-state index contributed by atoms with van der Waals surface area (Å²) in [7, 11) is 1.73. The molecule has 3 heterocycles. The summed E-state index contributed by atoms with van der Waals surface area (Å²) in [6.45, 7) is 0.629. The van der Waals surface area contributed by atoms with E-state index in [2.05, 4.69) is 15.3 Å². The Bertz CT molecular complexity index is 1130. The number of rotatable bonds is 5. The third kappa shape index (κ3) is 3.39. The highest BCUT2D eigenvalue weighted by Gasteiger charge is 2.42. The van der Waals surface area contributed by atoms with Crippen LogP contribution in [0.5, 0.6) is 11.5 Å². The first-order valence-corrected chi connectivity index (χ1v) is 10.1. The third-order valence-electron chi connectivity index (χ3n) is 5.85. The van der Waals surface area contributed by atoms with Crippen molar-refractivity contribution < 1.29 is 19.1 Å². The van der Waals surface area contributed by atoms with Crippen LogP contribution in [0.25, 0.3) is 0 Å². The number of carbonyl (C=O) groups excluding carboxylic acids is 2. The average Bonchev–Trinajstić information content (AvgIpc) is 3.47. The minimum Gasteiger partial charge on any atom is -0.454 e. The summed E-state index contributed by atoms with van der Waals surface area (Å²) < 4.78 is 10.9. The summed E-state index contributed by atoms with van der Waals surface area (Å²) in [6.07, 6.45) is 4.00. The lowest BCUT2D eigenvalue weighted by Crippen LogP contribution is -2.46. The SMILES string of the molecule is CN1C(=O)c2ccccc2[C@@H](C(=O)NCCc2cnc[nH]2)[C@H]1c1ccc2c(c1)OCO2. The highest BCUT2D eigenvalue weighted by Crippen LogP contribution is 2.44. The Labute approximate surface area is 179 Å². The van der Waals surface area contributed by atoms with Crippen LogP contribution in [0.3, 0.4) is 0 Å². The molecule has 0 saturated heterocycles. The second-order valence-corrected chi connectivity index (χ2v) is 7.66. The van der Waals surface area contributed by atoms with Crippen LogP contribution in [0.4, 0.5) is 0 Å². The van der Waals surface area contributed by atoms with E-state index in [9.17, 15) is 9.59 Å². The van der Waals surface area contributed by atoms with Gasteiger partial charge in [0, 0.05) is 37.5 Å². The molecule has 2 aliphatic rings. The molecule has 0 unspecified atom stereocenters. The summed E-state index contributed by atoms with van der Waals surface area (Å²) in [5.41, 5.74) is 3.05. The average molecular weight is 418 g/mol. The molecule has 5 rings (SSSR count). The van der Waals surface area contributed by atoms with E-state index in [-0.39, 0.29) is 18.6 Å². The lowest BCUT2D eigenvalue weighted by Gasteiger charge is -2.39. The van der Waals surface area contributed by atoms with Gasteiger partial charge in [0.05, 0.1) is 18.3 Å². The number of nitrogens with one attached hydrogen (secondary N) is 2. The summed E-state index contributed by atoms with van der Waals surface area (Å²) in [4.78, 5) is 35.2. The number of hydrogen-bond donors (Lipinski definition) is 2. The molecular formula is C23H22N4O4. The summed E-state index contributed by atoms with van der Waals surface area (Å²) in [5, 5.41) is 3.04. The minimum absolute atomic E-state index is 0.111. The Morgan fingerprint density at radius 2 is 2.06 bits per heavy atom. The maximum atomic E-state index is 13.4. The quantitative estimate of drug-likeness (QED) is 0.663. The van der Waals surface area contributed by atoms with Gasteiger partial charge < -0.3 is 24.7 Å². The van der Waals surface area contributed by atoms with Crippen LogP contribution < -0.4 is 14.8 Å². The first kappa shape index (κ1) is 19.2. The Morgan fingerprint density at radius 1 is 1.23 bits per heavy atom. The van der Waals surface area contributed by atoms with Crippen molar-refractivity contribution in [1.82, 2.24) is 20.2 Å². The Hall–Kier alpha value is -3.81. The van der Waals surface area contributed by atoms with Crippen LogP contribution in [0.2, 0.25) is 0 Å². The third-order valence-corrected chi connectivity index (χ3v) is 5.85. The van der Waals surface area contributed by atoms with Gasteiger partial charge >= 0.3 is 0 Å². The number of amides is 2. The van der Waals surface area contributed by atoms with Gasteiger partial charge in [0.15, 0.2) is 11.5 Å². The zero-order valence-corrected chi connectivity index (χ0v) is 17.0. The van der Waals surface area contributed by atoms with Gasteiger partial charge in [-0.1, -0.05) is 24.3 Å². The van der Waals surface area contributed by atoms with Gasteiger partial charge in [0.2, 0.25) is 12.7 Å². The molecular weight excluding hydrogens is 396 g/mol. The molecule has 0 aliphatic carbocycles. The van der Waals surface area contributed by atoms with E-state index in [1.54, 1.807) is 30.5 Å². The first-order chi connectivity index (χ1) is 15.1. The fourth-order valence-electron chi connectivity index (χ4n) is 4.32. The van der Waals surface area contributed by atoms with E-state index in [0.717, 1.165) is 16.8 Å². The molecule has 1 aromatic heterocycles. The van der Waals surface area contributed by atoms with Gasteiger partial charge in [-0.05, 0) is 29.3 Å². The smallest absolute Gasteiger partial charge is 0.254 e. The summed E-state index contributed by atoms with van der Waals surface area (Å²) >= 11 is 0. The monoisotopic (exact) mass is 418 g/mol. The highest BCUT2D eigenvalue weighted by atomic mass is 16.7. The minimum atomic E-state index is -0.555. The van der Waals surface area contributed by atoms with Crippen molar-refractivity contribution in [3.63, 3.8) is 0 Å². The molecule has 31 heavy (non-hydrogen) atoms. The molecule has 0 saturated carbocycles. The van der Waals surface area contributed by atoms with Gasteiger partial charge in [-0.25, -0.2) is 4.98 Å². The van der Waals surface area contributed by atoms with Crippen molar-refractivity contribution in [2.45, 2.75) is 18.4 Å². The second kappa shape index (κ2) is 7.79. The molecule has 158 valence electrons. The molecule has 2 aromatic carbocycles. The highest BCUT2D eigenvalue weighted by molar-refractivity contribution is 6.01. The van der Waals surface area contributed by atoms with E-state index in [1.807, 2.05) is 36.4 Å². The maximum absolute atomic E-state index is 13.4. The summed E-state index contributed by atoms with van der Waals surface area (Å²) in [6, 6.07) is 12.4. The molecule has 0 bridgehead atoms. The number of H-pyrrole nitrogens is 1. The fraction of sp³-hybridized carbons (Fsp3) is 0.261. The maximum Gasteiger partial charge on any atom is 0.254 e. The van der Waals surface area contributed by atoms with Crippen molar-refractivity contribution in [3.05, 3.63) is 77.4 Å². The number of likely N-dealkylation sites (N-methyl/N-ethyl adjacent to an activating group) is 1.